The molecule has 0 aromatic heterocycles. The van der Waals surface area contributed by atoms with Gasteiger partial charge in [0, 0.05) is 13.5 Å². The summed E-state index contributed by atoms with van der Waals surface area (Å²) in [6.07, 6.45) is 6.29. The van der Waals surface area contributed by atoms with E-state index in [4.69, 9.17) is 9.57 Å². The summed E-state index contributed by atoms with van der Waals surface area (Å²) in [6, 6.07) is 0. The number of rotatable bonds is 7. The highest BCUT2D eigenvalue weighted by Crippen LogP contribution is 2.36. The van der Waals surface area contributed by atoms with Crippen LogP contribution in [-0.4, -0.2) is 36.3 Å². The largest absolute Gasteiger partial charge is 0.465 e. The molecule has 0 aliphatic carbocycles. The lowest BCUT2D eigenvalue weighted by Gasteiger charge is -2.31. The second-order valence-corrected chi connectivity index (χ2v) is 5.18. The van der Waals surface area contributed by atoms with Gasteiger partial charge in [-0.05, 0) is 20.3 Å². The lowest BCUT2D eigenvalue weighted by Crippen LogP contribution is -2.49. The zero-order chi connectivity index (χ0) is 13.6. The Kier molecular flexibility index (Phi) is 6.09. The molecular weight excluding hydrogens is 230 g/mol. The second-order valence-electron chi connectivity index (χ2n) is 5.18. The van der Waals surface area contributed by atoms with Crippen LogP contribution < -0.4 is 0 Å². The number of esters is 1. The first-order chi connectivity index (χ1) is 8.56. The molecule has 0 spiro atoms. The third-order valence-corrected chi connectivity index (χ3v) is 3.67. The van der Waals surface area contributed by atoms with Gasteiger partial charge in [-0.25, -0.2) is 4.79 Å². The average Bonchev–Trinajstić information content (AvgIpc) is 2.61. The van der Waals surface area contributed by atoms with E-state index >= 15 is 0 Å². The molecular formula is C14H27NO3. The van der Waals surface area contributed by atoms with Crippen molar-refractivity contribution in [3.05, 3.63) is 0 Å². The van der Waals surface area contributed by atoms with E-state index in [9.17, 15) is 4.79 Å². The second kappa shape index (κ2) is 7.10. The van der Waals surface area contributed by atoms with Gasteiger partial charge in [0.15, 0.2) is 0 Å². The molecule has 106 valence electrons. The van der Waals surface area contributed by atoms with Crippen LogP contribution in [0.1, 0.15) is 59.3 Å². The number of unbranched alkanes of at least 4 members (excludes halogenated alkanes) is 3. The first-order valence-corrected chi connectivity index (χ1v) is 7.14. The Hall–Kier alpha value is -0.610. The number of carbonyl (C=O) groups excluding carboxylic acids is 1. The van der Waals surface area contributed by atoms with E-state index in [-0.39, 0.29) is 12.1 Å². The zero-order valence-electron chi connectivity index (χ0n) is 12.2. The monoisotopic (exact) mass is 257 g/mol. The van der Waals surface area contributed by atoms with E-state index in [2.05, 4.69) is 6.92 Å². The summed E-state index contributed by atoms with van der Waals surface area (Å²) < 4.78 is 5.24. The fourth-order valence-corrected chi connectivity index (χ4v) is 2.70. The Balaban J connectivity index is 2.66. The van der Waals surface area contributed by atoms with Crippen LogP contribution in [0.4, 0.5) is 0 Å². The number of hydrogen-bond acceptors (Lipinski definition) is 4. The maximum absolute atomic E-state index is 12.2. The summed E-state index contributed by atoms with van der Waals surface area (Å²) in [4.78, 5) is 17.9. The van der Waals surface area contributed by atoms with Gasteiger partial charge in [-0.1, -0.05) is 32.6 Å². The van der Waals surface area contributed by atoms with Crippen LogP contribution in [0.25, 0.3) is 0 Å². The lowest BCUT2D eigenvalue weighted by molar-refractivity contribution is -0.191. The van der Waals surface area contributed by atoms with Crippen LogP contribution in [0.3, 0.4) is 0 Å². The van der Waals surface area contributed by atoms with Gasteiger partial charge in [0.1, 0.15) is 5.54 Å². The topological polar surface area (TPSA) is 38.8 Å². The quantitative estimate of drug-likeness (QED) is 0.519. The molecule has 0 aromatic carbocycles. The lowest BCUT2D eigenvalue weighted by atomic mass is 9.87. The Morgan fingerprint density at radius 2 is 2.11 bits per heavy atom. The molecule has 2 unspecified atom stereocenters. The normalized spacial score (nSPS) is 28.6. The minimum absolute atomic E-state index is 0.0885. The van der Waals surface area contributed by atoms with Crippen molar-refractivity contribution in [2.24, 2.45) is 0 Å². The molecule has 1 aliphatic heterocycles. The molecule has 1 rings (SSSR count). The van der Waals surface area contributed by atoms with Crippen molar-refractivity contribution in [1.82, 2.24) is 5.06 Å². The molecule has 0 radical (unpaired) electrons. The standard InChI is InChI=1S/C14H27NO3/c1-5-7-8-9-10-14(13(16)17-6-2)11-12(3)18-15(14)4/h12H,5-11H2,1-4H3. The molecule has 4 nitrogen and oxygen atoms in total. The third-order valence-electron chi connectivity index (χ3n) is 3.67. The molecule has 18 heavy (non-hydrogen) atoms. The van der Waals surface area contributed by atoms with E-state index < -0.39 is 5.54 Å². The first kappa shape index (κ1) is 15.4. The summed E-state index contributed by atoms with van der Waals surface area (Å²) in [6.45, 7) is 6.47. The summed E-state index contributed by atoms with van der Waals surface area (Å²) in [5.41, 5.74) is -0.566. The van der Waals surface area contributed by atoms with Crippen LogP contribution in [0.5, 0.6) is 0 Å². The van der Waals surface area contributed by atoms with Gasteiger partial charge in [0.05, 0.1) is 12.7 Å². The predicted octanol–water partition coefficient (Wildman–Crippen LogP) is 2.91. The van der Waals surface area contributed by atoms with Crippen LogP contribution in [-0.2, 0) is 14.4 Å². The number of nitrogens with zero attached hydrogens (tertiary/aromatic N) is 1. The molecule has 0 bridgehead atoms. The van der Waals surface area contributed by atoms with E-state index in [0.717, 1.165) is 19.3 Å². The average molecular weight is 257 g/mol. The highest BCUT2D eigenvalue weighted by atomic mass is 16.7. The number of hydrogen-bond donors (Lipinski definition) is 0. The molecule has 0 N–H and O–H groups in total. The van der Waals surface area contributed by atoms with E-state index in [0.29, 0.717) is 6.61 Å². The Morgan fingerprint density at radius 1 is 1.39 bits per heavy atom. The Labute approximate surface area is 111 Å². The molecule has 4 heteroatoms. The van der Waals surface area contributed by atoms with Crippen molar-refractivity contribution in [3.63, 3.8) is 0 Å². The van der Waals surface area contributed by atoms with Crippen molar-refractivity contribution in [1.29, 1.82) is 0 Å². The molecule has 0 aromatic rings. The zero-order valence-corrected chi connectivity index (χ0v) is 12.2. The van der Waals surface area contributed by atoms with Crippen molar-refractivity contribution in [2.45, 2.75) is 70.9 Å². The van der Waals surface area contributed by atoms with Crippen molar-refractivity contribution >= 4 is 5.97 Å². The van der Waals surface area contributed by atoms with Gasteiger partial charge in [0.25, 0.3) is 0 Å². The Bertz CT molecular complexity index is 270. The van der Waals surface area contributed by atoms with E-state index in [1.54, 1.807) is 5.06 Å². The molecule has 1 heterocycles. The van der Waals surface area contributed by atoms with Crippen molar-refractivity contribution < 1.29 is 14.4 Å². The minimum atomic E-state index is -0.566. The molecule has 1 saturated heterocycles. The van der Waals surface area contributed by atoms with Gasteiger partial charge in [0.2, 0.25) is 0 Å². The van der Waals surface area contributed by atoms with Crippen LogP contribution in [0.15, 0.2) is 0 Å². The fourth-order valence-electron chi connectivity index (χ4n) is 2.70. The van der Waals surface area contributed by atoms with Crippen molar-refractivity contribution in [2.75, 3.05) is 13.7 Å². The smallest absolute Gasteiger partial charge is 0.328 e. The molecule has 2 atom stereocenters. The fraction of sp³-hybridized carbons (Fsp3) is 0.929. The number of carbonyl (C=O) groups is 1. The van der Waals surface area contributed by atoms with E-state index in [1.165, 1.54) is 19.3 Å². The highest BCUT2D eigenvalue weighted by Gasteiger charge is 2.50. The number of ether oxygens (including phenoxy) is 1. The van der Waals surface area contributed by atoms with Gasteiger partial charge < -0.3 is 4.74 Å². The third kappa shape index (κ3) is 3.45. The van der Waals surface area contributed by atoms with Gasteiger partial charge in [-0.15, -0.1) is 0 Å². The Morgan fingerprint density at radius 3 is 2.61 bits per heavy atom. The maximum atomic E-state index is 12.2. The molecule has 0 saturated carbocycles. The van der Waals surface area contributed by atoms with Crippen LogP contribution >= 0.6 is 0 Å². The van der Waals surface area contributed by atoms with E-state index in [1.807, 2.05) is 20.9 Å². The number of hydroxylamine groups is 2. The van der Waals surface area contributed by atoms with Crippen LogP contribution in [0, 0.1) is 0 Å². The molecule has 1 fully saturated rings. The summed E-state index contributed by atoms with van der Waals surface area (Å²) in [5.74, 6) is -0.131. The van der Waals surface area contributed by atoms with Gasteiger partial charge in [-0.3, -0.25) is 4.84 Å². The predicted molar refractivity (Wildman–Crippen MR) is 71.1 cm³/mol. The maximum Gasteiger partial charge on any atom is 0.328 e. The van der Waals surface area contributed by atoms with Gasteiger partial charge >= 0.3 is 5.97 Å². The first-order valence-electron chi connectivity index (χ1n) is 7.14. The minimum Gasteiger partial charge on any atom is -0.465 e. The highest BCUT2D eigenvalue weighted by molar-refractivity contribution is 5.81. The molecule has 1 aliphatic rings. The van der Waals surface area contributed by atoms with Crippen LogP contribution in [0.2, 0.25) is 0 Å². The molecule has 0 amide bonds. The van der Waals surface area contributed by atoms with Gasteiger partial charge in [-0.2, -0.15) is 5.06 Å². The van der Waals surface area contributed by atoms with Crippen molar-refractivity contribution in [3.8, 4) is 0 Å². The number of likely N-dealkylation sites (N-methyl/N-ethyl adjacent to an activating group) is 1. The SMILES string of the molecule is CCCCCCC1(C(=O)OCC)CC(C)ON1C. The summed E-state index contributed by atoms with van der Waals surface area (Å²) >= 11 is 0. The summed E-state index contributed by atoms with van der Waals surface area (Å²) in [5, 5.41) is 1.72. The summed E-state index contributed by atoms with van der Waals surface area (Å²) in [7, 11) is 1.85.